The first-order valence-electron chi connectivity index (χ1n) is 6.41. The van der Waals surface area contributed by atoms with Crippen molar-refractivity contribution in [3.8, 4) is 0 Å². The number of carbonyl (C=O) groups is 2. The van der Waals surface area contributed by atoms with Crippen molar-refractivity contribution in [1.29, 1.82) is 0 Å². The van der Waals surface area contributed by atoms with E-state index in [1.165, 1.54) is 0 Å². The fraction of sp³-hybridized carbons (Fsp3) is 0.833. The van der Waals surface area contributed by atoms with Crippen LogP contribution in [0, 0.1) is 5.92 Å². The summed E-state index contributed by atoms with van der Waals surface area (Å²) in [5, 5.41) is 2.73. The summed E-state index contributed by atoms with van der Waals surface area (Å²) in [4.78, 5) is 25.2. The van der Waals surface area contributed by atoms with Gasteiger partial charge >= 0.3 is 0 Å². The third kappa shape index (κ3) is 2.77. The molecule has 2 heterocycles. The standard InChI is InChI=1S/C12H21N3O2/c1-8(13)9-3-2-6-15(7-9)12(17)10-4-5-11(16)14-10/h8-10H,2-7,13H2,1H3,(H,14,16). The second kappa shape index (κ2) is 5.04. The molecule has 2 rings (SSSR count). The zero-order valence-corrected chi connectivity index (χ0v) is 10.3. The molecule has 5 heteroatoms. The van der Waals surface area contributed by atoms with Crippen molar-refractivity contribution < 1.29 is 9.59 Å². The van der Waals surface area contributed by atoms with Crippen molar-refractivity contribution in [2.45, 2.75) is 44.7 Å². The van der Waals surface area contributed by atoms with Crippen LogP contribution in [0.5, 0.6) is 0 Å². The number of hydrogen-bond donors (Lipinski definition) is 2. The fourth-order valence-corrected chi connectivity index (χ4v) is 2.66. The lowest BCUT2D eigenvalue weighted by Gasteiger charge is -2.35. The number of hydrogen-bond acceptors (Lipinski definition) is 3. The predicted octanol–water partition coefficient (Wildman–Crippen LogP) is -0.149. The van der Waals surface area contributed by atoms with E-state index in [1.807, 2.05) is 11.8 Å². The van der Waals surface area contributed by atoms with Crippen molar-refractivity contribution in [3.05, 3.63) is 0 Å². The molecular weight excluding hydrogens is 218 g/mol. The summed E-state index contributed by atoms with van der Waals surface area (Å²) in [6.07, 6.45) is 3.22. The Hall–Kier alpha value is -1.10. The van der Waals surface area contributed by atoms with Crippen molar-refractivity contribution in [2.24, 2.45) is 11.7 Å². The molecule has 5 nitrogen and oxygen atoms in total. The Morgan fingerprint density at radius 2 is 2.29 bits per heavy atom. The molecule has 3 atom stereocenters. The number of rotatable bonds is 2. The van der Waals surface area contributed by atoms with E-state index in [-0.39, 0.29) is 23.9 Å². The molecule has 0 aromatic heterocycles. The Bertz CT molecular complexity index is 317. The third-order valence-corrected chi connectivity index (χ3v) is 3.81. The van der Waals surface area contributed by atoms with Gasteiger partial charge in [-0.2, -0.15) is 0 Å². The second-order valence-corrected chi connectivity index (χ2v) is 5.20. The molecule has 0 radical (unpaired) electrons. The molecule has 0 spiro atoms. The zero-order valence-electron chi connectivity index (χ0n) is 10.3. The topological polar surface area (TPSA) is 75.4 Å². The van der Waals surface area contributed by atoms with E-state index < -0.39 is 0 Å². The van der Waals surface area contributed by atoms with Crippen molar-refractivity contribution in [3.63, 3.8) is 0 Å². The van der Waals surface area contributed by atoms with Gasteiger partial charge in [-0.3, -0.25) is 9.59 Å². The Morgan fingerprint density at radius 1 is 1.53 bits per heavy atom. The number of nitrogens with one attached hydrogen (secondary N) is 1. The molecule has 2 saturated heterocycles. The molecule has 2 amide bonds. The van der Waals surface area contributed by atoms with E-state index in [4.69, 9.17) is 5.73 Å². The van der Waals surface area contributed by atoms with Crippen LogP contribution in [0.2, 0.25) is 0 Å². The van der Waals surface area contributed by atoms with Crippen molar-refractivity contribution in [2.75, 3.05) is 13.1 Å². The highest BCUT2D eigenvalue weighted by Gasteiger charge is 2.33. The first kappa shape index (κ1) is 12.4. The van der Waals surface area contributed by atoms with Gasteiger partial charge in [0.15, 0.2) is 0 Å². The second-order valence-electron chi connectivity index (χ2n) is 5.20. The molecule has 17 heavy (non-hydrogen) atoms. The van der Waals surface area contributed by atoms with E-state index in [1.54, 1.807) is 0 Å². The summed E-state index contributed by atoms with van der Waals surface area (Å²) in [5.74, 6) is 0.454. The minimum atomic E-state index is -0.297. The number of piperidine rings is 1. The summed E-state index contributed by atoms with van der Waals surface area (Å²) < 4.78 is 0. The van der Waals surface area contributed by atoms with Crippen LogP contribution in [0.15, 0.2) is 0 Å². The molecule has 96 valence electrons. The molecule has 0 aromatic rings. The number of likely N-dealkylation sites (tertiary alicyclic amines) is 1. The minimum Gasteiger partial charge on any atom is -0.344 e. The van der Waals surface area contributed by atoms with Crippen LogP contribution in [0.25, 0.3) is 0 Å². The van der Waals surface area contributed by atoms with E-state index >= 15 is 0 Å². The number of carbonyl (C=O) groups excluding carboxylic acids is 2. The van der Waals surface area contributed by atoms with E-state index in [0.29, 0.717) is 18.8 Å². The van der Waals surface area contributed by atoms with Gasteiger partial charge in [0, 0.05) is 25.6 Å². The van der Waals surface area contributed by atoms with Crippen LogP contribution >= 0.6 is 0 Å². The number of nitrogens with zero attached hydrogens (tertiary/aromatic N) is 1. The molecule has 0 aromatic carbocycles. The highest BCUT2D eigenvalue weighted by Crippen LogP contribution is 2.20. The summed E-state index contributed by atoms with van der Waals surface area (Å²) in [5.41, 5.74) is 5.90. The van der Waals surface area contributed by atoms with Gasteiger partial charge in [0.05, 0.1) is 0 Å². The summed E-state index contributed by atoms with van der Waals surface area (Å²) in [6.45, 7) is 3.54. The van der Waals surface area contributed by atoms with Crippen LogP contribution in [0.4, 0.5) is 0 Å². The van der Waals surface area contributed by atoms with Gasteiger partial charge in [-0.05, 0) is 32.1 Å². The summed E-state index contributed by atoms with van der Waals surface area (Å²) in [6, 6.07) is -0.168. The van der Waals surface area contributed by atoms with Crippen molar-refractivity contribution in [1.82, 2.24) is 10.2 Å². The minimum absolute atomic E-state index is 0.0101. The maximum Gasteiger partial charge on any atom is 0.245 e. The molecule has 3 N–H and O–H groups in total. The predicted molar refractivity (Wildman–Crippen MR) is 64.1 cm³/mol. The summed E-state index contributed by atoms with van der Waals surface area (Å²) in [7, 11) is 0. The SMILES string of the molecule is CC(N)C1CCCN(C(=O)C2CCC(=O)N2)C1. The molecule has 2 aliphatic rings. The van der Waals surface area contributed by atoms with Crippen molar-refractivity contribution >= 4 is 11.8 Å². The lowest BCUT2D eigenvalue weighted by molar-refractivity contribution is -0.136. The van der Waals surface area contributed by atoms with Gasteiger partial charge in [0.1, 0.15) is 6.04 Å². The molecule has 2 aliphatic heterocycles. The molecule has 0 bridgehead atoms. The molecule has 2 fully saturated rings. The smallest absolute Gasteiger partial charge is 0.245 e. The van der Waals surface area contributed by atoms with Gasteiger partial charge in [0.2, 0.25) is 11.8 Å². The molecular formula is C12H21N3O2. The van der Waals surface area contributed by atoms with Crippen LogP contribution in [-0.2, 0) is 9.59 Å². The fourth-order valence-electron chi connectivity index (χ4n) is 2.66. The van der Waals surface area contributed by atoms with E-state index in [2.05, 4.69) is 5.32 Å². The Kier molecular flexibility index (Phi) is 3.66. The lowest BCUT2D eigenvalue weighted by Crippen LogP contribution is -2.50. The van der Waals surface area contributed by atoms with E-state index in [0.717, 1.165) is 25.9 Å². The highest BCUT2D eigenvalue weighted by molar-refractivity contribution is 5.90. The highest BCUT2D eigenvalue weighted by atomic mass is 16.2. The first-order valence-corrected chi connectivity index (χ1v) is 6.41. The maximum absolute atomic E-state index is 12.2. The third-order valence-electron chi connectivity index (χ3n) is 3.81. The maximum atomic E-state index is 12.2. The van der Waals surface area contributed by atoms with Gasteiger partial charge in [-0.25, -0.2) is 0 Å². The van der Waals surface area contributed by atoms with Gasteiger partial charge < -0.3 is 16.0 Å². The normalized spacial score (nSPS) is 31.2. The molecule has 0 aliphatic carbocycles. The van der Waals surface area contributed by atoms with Gasteiger partial charge in [0.25, 0.3) is 0 Å². The first-order chi connectivity index (χ1) is 8.08. The van der Waals surface area contributed by atoms with Gasteiger partial charge in [-0.1, -0.05) is 0 Å². The average molecular weight is 239 g/mol. The monoisotopic (exact) mass is 239 g/mol. The number of amides is 2. The largest absolute Gasteiger partial charge is 0.344 e. The zero-order chi connectivity index (χ0) is 12.4. The van der Waals surface area contributed by atoms with Crippen LogP contribution in [0.1, 0.15) is 32.6 Å². The van der Waals surface area contributed by atoms with E-state index in [9.17, 15) is 9.59 Å². The Balaban J connectivity index is 1.93. The quantitative estimate of drug-likeness (QED) is 0.703. The lowest BCUT2D eigenvalue weighted by atomic mass is 9.92. The number of nitrogens with two attached hydrogens (primary N) is 1. The molecule has 0 saturated carbocycles. The van der Waals surface area contributed by atoms with Crippen LogP contribution < -0.4 is 11.1 Å². The van der Waals surface area contributed by atoms with Crippen LogP contribution in [0.3, 0.4) is 0 Å². The van der Waals surface area contributed by atoms with Gasteiger partial charge in [-0.15, -0.1) is 0 Å². The van der Waals surface area contributed by atoms with Crippen LogP contribution in [-0.4, -0.2) is 41.9 Å². The average Bonchev–Trinajstić information content (AvgIpc) is 2.75. The Morgan fingerprint density at radius 3 is 2.88 bits per heavy atom. The summed E-state index contributed by atoms with van der Waals surface area (Å²) >= 11 is 0. The molecule has 3 unspecified atom stereocenters. The Labute approximate surface area is 102 Å².